The number of ether oxygens (including phenoxy) is 4. The predicted octanol–water partition coefficient (Wildman–Crippen LogP) is 3.14. The SMILES string of the molecule is COc1ccc(C2COc3cc4c(cc3C2)OCO4)cc1. The van der Waals surface area contributed by atoms with Gasteiger partial charge in [0.25, 0.3) is 0 Å². The van der Waals surface area contributed by atoms with Crippen LogP contribution in [0.4, 0.5) is 0 Å². The molecule has 2 aliphatic heterocycles. The molecular formula is C17H16O4. The highest BCUT2D eigenvalue weighted by molar-refractivity contribution is 5.53. The minimum atomic E-state index is 0.292. The minimum absolute atomic E-state index is 0.292. The summed E-state index contributed by atoms with van der Waals surface area (Å²) in [5, 5.41) is 0. The van der Waals surface area contributed by atoms with Crippen molar-refractivity contribution in [2.45, 2.75) is 12.3 Å². The molecule has 108 valence electrons. The molecule has 0 aliphatic carbocycles. The predicted molar refractivity (Wildman–Crippen MR) is 77.5 cm³/mol. The maximum Gasteiger partial charge on any atom is 0.231 e. The van der Waals surface area contributed by atoms with Crippen molar-refractivity contribution in [1.82, 2.24) is 0 Å². The van der Waals surface area contributed by atoms with Gasteiger partial charge in [0.15, 0.2) is 11.5 Å². The number of hydrogen-bond acceptors (Lipinski definition) is 4. The average Bonchev–Trinajstić information content (AvgIpc) is 2.99. The summed E-state index contributed by atoms with van der Waals surface area (Å²) in [6, 6.07) is 12.2. The summed E-state index contributed by atoms with van der Waals surface area (Å²) in [4.78, 5) is 0. The van der Waals surface area contributed by atoms with Crippen molar-refractivity contribution in [3.8, 4) is 23.0 Å². The van der Waals surface area contributed by atoms with Crippen LogP contribution in [-0.4, -0.2) is 20.5 Å². The fraction of sp³-hybridized carbons (Fsp3) is 0.294. The standard InChI is InChI=1S/C17H16O4/c1-18-14-4-2-11(3-5-14)13-6-12-7-16-17(21-10-20-16)8-15(12)19-9-13/h2-5,7-8,13H,6,9-10H2,1H3. The lowest BCUT2D eigenvalue weighted by molar-refractivity contribution is 0.174. The van der Waals surface area contributed by atoms with Crippen molar-refractivity contribution in [2.75, 3.05) is 20.5 Å². The number of hydrogen-bond donors (Lipinski definition) is 0. The highest BCUT2D eigenvalue weighted by atomic mass is 16.7. The second-order valence-corrected chi connectivity index (χ2v) is 5.30. The van der Waals surface area contributed by atoms with Gasteiger partial charge >= 0.3 is 0 Å². The summed E-state index contributed by atoms with van der Waals surface area (Å²) < 4.78 is 21.9. The average molecular weight is 284 g/mol. The molecule has 2 heterocycles. The van der Waals surface area contributed by atoms with Crippen LogP contribution in [0.3, 0.4) is 0 Å². The van der Waals surface area contributed by atoms with Crippen LogP contribution in [0.2, 0.25) is 0 Å². The van der Waals surface area contributed by atoms with Gasteiger partial charge in [0.2, 0.25) is 6.79 Å². The Labute approximate surface area is 123 Å². The molecule has 0 saturated carbocycles. The Morgan fingerprint density at radius 1 is 0.952 bits per heavy atom. The van der Waals surface area contributed by atoms with Crippen molar-refractivity contribution < 1.29 is 18.9 Å². The van der Waals surface area contributed by atoms with Crippen LogP contribution < -0.4 is 18.9 Å². The van der Waals surface area contributed by atoms with E-state index in [1.54, 1.807) is 7.11 Å². The Morgan fingerprint density at radius 2 is 1.71 bits per heavy atom. The van der Waals surface area contributed by atoms with Gasteiger partial charge < -0.3 is 18.9 Å². The third kappa shape index (κ3) is 2.17. The van der Waals surface area contributed by atoms with Crippen LogP contribution >= 0.6 is 0 Å². The molecule has 0 spiro atoms. The normalized spacial score (nSPS) is 18.8. The molecule has 0 N–H and O–H groups in total. The van der Waals surface area contributed by atoms with E-state index in [0.29, 0.717) is 19.3 Å². The third-order valence-corrected chi connectivity index (χ3v) is 4.05. The summed E-state index contributed by atoms with van der Waals surface area (Å²) in [5.74, 6) is 3.72. The monoisotopic (exact) mass is 284 g/mol. The molecule has 2 aliphatic rings. The number of rotatable bonds is 2. The Morgan fingerprint density at radius 3 is 2.48 bits per heavy atom. The van der Waals surface area contributed by atoms with E-state index < -0.39 is 0 Å². The Bertz CT molecular complexity index is 663. The molecule has 0 saturated heterocycles. The highest BCUT2D eigenvalue weighted by Gasteiger charge is 2.25. The Balaban J connectivity index is 1.60. The lowest BCUT2D eigenvalue weighted by atomic mass is 9.90. The van der Waals surface area contributed by atoms with Crippen LogP contribution in [-0.2, 0) is 6.42 Å². The number of methoxy groups -OCH3 is 1. The second-order valence-electron chi connectivity index (χ2n) is 5.30. The van der Waals surface area contributed by atoms with E-state index in [1.165, 1.54) is 11.1 Å². The number of fused-ring (bicyclic) bond motifs is 2. The zero-order valence-electron chi connectivity index (χ0n) is 11.8. The van der Waals surface area contributed by atoms with Crippen molar-refractivity contribution >= 4 is 0 Å². The van der Waals surface area contributed by atoms with E-state index in [9.17, 15) is 0 Å². The fourth-order valence-electron chi connectivity index (χ4n) is 2.86. The summed E-state index contributed by atoms with van der Waals surface area (Å²) in [6.45, 7) is 0.971. The Kier molecular flexibility index (Phi) is 2.88. The first kappa shape index (κ1) is 12.4. The van der Waals surface area contributed by atoms with Crippen LogP contribution in [0.5, 0.6) is 23.0 Å². The quantitative estimate of drug-likeness (QED) is 0.849. The van der Waals surface area contributed by atoms with E-state index in [4.69, 9.17) is 18.9 Å². The summed E-state index contributed by atoms with van der Waals surface area (Å²) >= 11 is 0. The first-order valence-electron chi connectivity index (χ1n) is 7.03. The van der Waals surface area contributed by atoms with Gasteiger partial charge in [-0.15, -0.1) is 0 Å². The summed E-state index contributed by atoms with van der Waals surface area (Å²) in [5.41, 5.74) is 2.44. The Hall–Kier alpha value is -2.36. The highest BCUT2D eigenvalue weighted by Crippen LogP contribution is 2.42. The molecule has 4 nitrogen and oxygen atoms in total. The number of benzene rings is 2. The molecule has 0 aromatic heterocycles. The maximum atomic E-state index is 5.91. The van der Waals surface area contributed by atoms with E-state index >= 15 is 0 Å². The molecule has 4 heteroatoms. The van der Waals surface area contributed by atoms with Gasteiger partial charge in [-0.1, -0.05) is 12.1 Å². The lowest BCUT2D eigenvalue weighted by Gasteiger charge is -2.26. The van der Waals surface area contributed by atoms with Crippen LogP contribution in [0, 0.1) is 0 Å². The largest absolute Gasteiger partial charge is 0.497 e. The van der Waals surface area contributed by atoms with E-state index in [1.807, 2.05) is 24.3 Å². The smallest absolute Gasteiger partial charge is 0.231 e. The molecule has 2 aromatic carbocycles. The molecule has 0 radical (unpaired) electrons. The molecule has 1 unspecified atom stereocenters. The topological polar surface area (TPSA) is 36.9 Å². The summed E-state index contributed by atoms with van der Waals surface area (Å²) in [7, 11) is 1.68. The second kappa shape index (κ2) is 4.88. The van der Waals surface area contributed by atoms with Crippen LogP contribution in [0.1, 0.15) is 17.0 Å². The molecule has 0 amide bonds. The summed E-state index contributed by atoms with van der Waals surface area (Å²) in [6.07, 6.45) is 0.943. The third-order valence-electron chi connectivity index (χ3n) is 4.05. The minimum Gasteiger partial charge on any atom is -0.497 e. The van der Waals surface area contributed by atoms with Gasteiger partial charge in [-0.05, 0) is 35.7 Å². The zero-order chi connectivity index (χ0) is 14.2. The van der Waals surface area contributed by atoms with Gasteiger partial charge in [0.05, 0.1) is 13.7 Å². The molecule has 4 rings (SSSR count). The van der Waals surface area contributed by atoms with E-state index in [0.717, 1.165) is 29.4 Å². The molecule has 2 aromatic rings. The zero-order valence-corrected chi connectivity index (χ0v) is 11.8. The van der Waals surface area contributed by atoms with Gasteiger partial charge in [-0.25, -0.2) is 0 Å². The molecule has 21 heavy (non-hydrogen) atoms. The van der Waals surface area contributed by atoms with Crippen molar-refractivity contribution in [3.63, 3.8) is 0 Å². The van der Waals surface area contributed by atoms with Gasteiger partial charge in [0, 0.05) is 12.0 Å². The van der Waals surface area contributed by atoms with E-state index in [2.05, 4.69) is 12.1 Å². The van der Waals surface area contributed by atoms with Crippen molar-refractivity contribution in [3.05, 3.63) is 47.5 Å². The fourth-order valence-corrected chi connectivity index (χ4v) is 2.86. The van der Waals surface area contributed by atoms with Crippen molar-refractivity contribution in [1.29, 1.82) is 0 Å². The first-order chi connectivity index (χ1) is 10.3. The molecular weight excluding hydrogens is 268 g/mol. The van der Waals surface area contributed by atoms with E-state index in [-0.39, 0.29) is 0 Å². The molecule has 0 fully saturated rings. The van der Waals surface area contributed by atoms with Gasteiger partial charge in [0.1, 0.15) is 11.5 Å². The lowest BCUT2D eigenvalue weighted by Crippen LogP contribution is -2.19. The first-order valence-corrected chi connectivity index (χ1v) is 7.03. The van der Waals surface area contributed by atoms with Gasteiger partial charge in [-0.2, -0.15) is 0 Å². The molecule has 0 bridgehead atoms. The van der Waals surface area contributed by atoms with Gasteiger partial charge in [-0.3, -0.25) is 0 Å². The maximum absolute atomic E-state index is 5.91. The van der Waals surface area contributed by atoms with Crippen LogP contribution in [0.25, 0.3) is 0 Å². The molecule has 1 atom stereocenters. The van der Waals surface area contributed by atoms with Crippen LogP contribution in [0.15, 0.2) is 36.4 Å². The van der Waals surface area contributed by atoms with Crippen molar-refractivity contribution in [2.24, 2.45) is 0 Å².